The fourth-order valence-corrected chi connectivity index (χ4v) is 4.87. The highest BCUT2D eigenvalue weighted by molar-refractivity contribution is 5.76. The van der Waals surface area contributed by atoms with Crippen molar-refractivity contribution in [2.45, 2.75) is 58.2 Å². The minimum absolute atomic E-state index is 0.0126. The summed E-state index contributed by atoms with van der Waals surface area (Å²) in [6.45, 7) is 4.88. The number of carbonyl (C=O) groups excluding carboxylic acids is 1. The van der Waals surface area contributed by atoms with Gasteiger partial charge >= 0.3 is 0 Å². The standard InChI is InChI=1S/C23H28N6O2/c1-2-22(30)28-10-4-3-7-20(28)19-12-21-25-18-8-11-27(14-16-6-5-9-24-13-16)15-17(18)23(31)29(21)26-19/h5-6,9,12-13,20,26H,2-4,7-8,10-11,14-15H2,1H3. The summed E-state index contributed by atoms with van der Waals surface area (Å²) in [5, 5.41) is 3.28. The first-order valence-electron chi connectivity index (χ1n) is 11.2. The van der Waals surface area contributed by atoms with E-state index in [1.54, 1.807) is 10.7 Å². The number of amides is 1. The highest BCUT2D eigenvalue weighted by Crippen LogP contribution is 2.31. The third kappa shape index (κ3) is 3.76. The van der Waals surface area contributed by atoms with Crippen molar-refractivity contribution in [1.29, 1.82) is 0 Å². The lowest BCUT2D eigenvalue weighted by Gasteiger charge is -2.35. The van der Waals surface area contributed by atoms with Crippen molar-refractivity contribution in [2.75, 3.05) is 13.1 Å². The Kier molecular flexibility index (Phi) is 5.31. The predicted molar refractivity (Wildman–Crippen MR) is 116 cm³/mol. The second kappa shape index (κ2) is 8.26. The Morgan fingerprint density at radius 3 is 3.00 bits per heavy atom. The molecule has 0 radical (unpaired) electrons. The van der Waals surface area contributed by atoms with Gasteiger partial charge in [0.2, 0.25) is 5.91 Å². The minimum atomic E-state index is -0.0358. The van der Waals surface area contributed by atoms with Crippen molar-refractivity contribution in [3.8, 4) is 0 Å². The molecule has 5 heterocycles. The molecule has 1 atom stereocenters. The second-order valence-corrected chi connectivity index (χ2v) is 8.52. The largest absolute Gasteiger partial charge is 0.334 e. The summed E-state index contributed by atoms with van der Waals surface area (Å²) in [6, 6.07) is 5.93. The number of carbonyl (C=O) groups is 1. The van der Waals surface area contributed by atoms with Gasteiger partial charge in [-0.15, -0.1) is 0 Å². The predicted octanol–water partition coefficient (Wildman–Crippen LogP) is 2.44. The van der Waals surface area contributed by atoms with E-state index in [0.717, 1.165) is 67.8 Å². The van der Waals surface area contributed by atoms with E-state index in [1.807, 2.05) is 30.2 Å². The third-order valence-electron chi connectivity index (χ3n) is 6.47. The van der Waals surface area contributed by atoms with Crippen molar-refractivity contribution in [2.24, 2.45) is 0 Å². The molecule has 2 aliphatic rings. The second-order valence-electron chi connectivity index (χ2n) is 8.52. The summed E-state index contributed by atoms with van der Waals surface area (Å²) in [7, 11) is 0. The number of hydrogen-bond acceptors (Lipinski definition) is 5. The molecule has 1 unspecified atom stereocenters. The lowest BCUT2D eigenvalue weighted by atomic mass is 9.99. The number of aromatic amines is 1. The molecule has 8 heteroatoms. The number of fused-ring (bicyclic) bond motifs is 2. The number of aromatic nitrogens is 4. The molecule has 8 nitrogen and oxygen atoms in total. The van der Waals surface area contributed by atoms with Gasteiger partial charge in [0.05, 0.1) is 23.0 Å². The SMILES string of the molecule is CCC(=O)N1CCCCC1c1cc2nc3c(c(=O)n2[nH]1)CN(Cc1cccnc1)CC3. The van der Waals surface area contributed by atoms with Gasteiger partial charge in [-0.05, 0) is 30.9 Å². The van der Waals surface area contributed by atoms with Gasteiger partial charge in [-0.3, -0.25) is 24.6 Å². The van der Waals surface area contributed by atoms with Crippen LogP contribution in [0.5, 0.6) is 0 Å². The first-order valence-corrected chi connectivity index (χ1v) is 11.2. The van der Waals surface area contributed by atoms with Crippen molar-refractivity contribution in [3.63, 3.8) is 0 Å². The average molecular weight is 421 g/mol. The highest BCUT2D eigenvalue weighted by Gasteiger charge is 2.29. The van der Waals surface area contributed by atoms with E-state index in [9.17, 15) is 9.59 Å². The molecule has 1 saturated heterocycles. The maximum absolute atomic E-state index is 13.3. The van der Waals surface area contributed by atoms with Crippen LogP contribution in [0.15, 0.2) is 35.4 Å². The summed E-state index contributed by atoms with van der Waals surface area (Å²) in [5.41, 5.74) is 4.30. The molecule has 0 bridgehead atoms. The Morgan fingerprint density at radius 2 is 2.19 bits per heavy atom. The number of pyridine rings is 1. The summed E-state index contributed by atoms with van der Waals surface area (Å²) in [4.78, 5) is 39.0. The van der Waals surface area contributed by atoms with Crippen LogP contribution >= 0.6 is 0 Å². The van der Waals surface area contributed by atoms with Crippen molar-refractivity contribution < 1.29 is 4.79 Å². The first-order chi connectivity index (χ1) is 15.1. The minimum Gasteiger partial charge on any atom is -0.334 e. The molecule has 0 aliphatic carbocycles. The fraction of sp³-hybridized carbons (Fsp3) is 0.478. The van der Waals surface area contributed by atoms with Gasteiger partial charge in [0, 0.05) is 57.5 Å². The molecule has 1 N–H and O–H groups in total. The Bertz CT molecular complexity index is 1150. The van der Waals surface area contributed by atoms with E-state index < -0.39 is 0 Å². The normalized spacial score (nSPS) is 19.5. The van der Waals surface area contributed by atoms with E-state index in [2.05, 4.69) is 21.0 Å². The van der Waals surface area contributed by atoms with Gasteiger partial charge in [0.1, 0.15) is 0 Å². The lowest BCUT2D eigenvalue weighted by molar-refractivity contribution is -0.134. The zero-order valence-corrected chi connectivity index (χ0v) is 17.9. The molecule has 2 aliphatic heterocycles. The van der Waals surface area contributed by atoms with Crippen molar-refractivity contribution in [3.05, 3.63) is 63.5 Å². The molecular weight excluding hydrogens is 392 g/mol. The van der Waals surface area contributed by atoms with Gasteiger partial charge in [0.25, 0.3) is 5.56 Å². The van der Waals surface area contributed by atoms with Gasteiger partial charge < -0.3 is 4.90 Å². The smallest absolute Gasteiger partial charge is 0.277 e. The Morgan fingerprint density at radius 1 is 1.29 bits per heavy atom. The fourth-order valence-electron chi connectivity index (χ4n) is 4.87. The Hall–Kier alpha value is -3.00. The lowest BCUT2D eigenvalue weighted by Crippen LogP contribution is -2.38. The van der Waals surface area contributed by atoms with Crippen LogP contribution < -0.4 is 5.56 Å². The molecule has 0 saturated carbocycles. The van der Waals surface area contributed by atoms with Crippen molar-refractivity contribution >= 4 is 11.6 Å². The zero-order chi connectivity index (χ0) is 21.4. The maximum Gasteiger partial charge on any atom is 0.277 e. The number of piperidine rings is 1. The average Bonchev–Trinajstić information content (AvgIpc) is 3.24. The van der Waals surface area contributed by atoms with Gasteiger partial charge in [-0.25, -0.2) is 9.50 Å². The molecule has 3 aromatic rings. The molecule has 31 heavy (non-hydrogen) atoms. The number of likely N-dealkylation sites (tertiary alicyclic amines) is 1. The van der Waals surface area contributed by atoms with Crippen LogP contribution in [-0.2, 0) is 24.3 Å². The van der Waals surface area contributed by atoms with Crippen LogP contribution in [0.25, 0.3) is 5.65 Å². The summed E-state index contributed by atoms with van der Waals surface area (Å²) >= 11 is 0. The van der Waals surface area contributed by atoms with E-state index in [-0.39, 0.29) is 17.5 Å². The third-order valence-corrected chi connectivity index (χ3v) is 6.47. The molecule has 162 valence electrons. The summed E-state index contributed by atoms with van der Waals surface area (Å²) in [6.07, 6.45) is 7.91. The number of H-pyrrole nitrogens is 1. The molecular formula is C23H28N6O2. The van der Waals surface area contributed by atoms with E-state index in [4.69, 9.17) is 4.98 Å². The number of nitrogens with zero attached hydrogens (tertiary/aromatic N) is 5. The number of rotatable bonds is 4. The molecule has 3 aromatic heterocycles. The van der Waals surface area contributed by atoms with Crippen LogP contribution in [0, 0.1) is 0 Å². The monoisotopic (exact) mass is 420 g/mol. The van der Waals surface area contributed by atoms with Crippen LogP contribution in [0.2, 0.25) is 0 Å². The molecule has 5 rings (SSSR count). The molecule has 0 aromatic carbocycles. The topological polar surface area (TPSA) is 86.6 Å². The van der Waals surface area contributed by atoms with Crippen LogP contribution in [0.1, 0.15) is 61.2 Å². The molecule has 1 fully saturated rings. The zero-order valence-electron chi connectivity index (χ0n) is 17.9. The van der Waals surface area contributed by atoms with E-state index in [0.29, 0.717) is 18.6 Å². The Labute approximate surface area is 180 Å². The maximum atomic E-state index is 13.3. The Balaban J connectivity index is 1.45. The van der Waals surface area contributed by atoms with E-state index >= 15 is 0 Å². The highest BCUT2D eigenvalue weighted by atomic mass is 16.2. The van der Waals surface area contributed by atoms with Crippen LogP contribution in [0.4, 0.5) is 0 Å². The van der Waals surface area contributed by atoms with Gasteiger partial charge in [0.15, 0.2) is 5.65 Å². The molecule has 1 amide bonds. The summed E-state index contributed by atoms with van der Waals surface area (Å²) < 4.78 is 1.56. The van der Waals surface area contributed by atoms with Crippen LogP contribution in [0.3, 0.4) is 0 Å². The van der Waals surface area contributed by atoms with Gasteiger partial charge in [-0.2, -0.15) is 0 Å². The summed E-state index contributed by atoms with van der Waals surface area (Å²) in [5.74, 6) is 0.161. The first kappa shape index (κ1) is 19.9. The number of hydrogen-bond donors (Lipinski definition) is 1. The van der Waals surface area contributed by atoms with Crippen molar-refractivity contribution in [1.82, 2.24) is 29.4 Å². The van der Waals surface area contributed by atoms with Gasteiger partial charge in [-0.1, -0.05) is 13.0 Å². The number of nitrogens with one attached hydrogen (secondary N) is 1. The van der Waals surface area contributed by atoms with E-state index in [1.165, 1.54) is 0 Å². The van der Waals surface area contributed by atoms with Crippen LogP contribution in [-0.4, -0.2) is 48.4 Å². The quantitative estimate of drug-likeness (QED) is 0.701. The molecule has 0 spiro atoms.